The second-order valence-electron chi connectivity index (χ2n) is 3.62. The molecule has 18 heavy (non-hydrogen) atoms. The number of nitrogens with zero attached hydrogens (tertiary/aromatic N) is 2. The first-order valence-electron chi connectivity index (χ1n) is 5.20. The average molecular weight is 255 g/mol. The fourth-order valence-electron chi connectivity index (χ4n) is 1.40. The molecule has 1 heterocycles. The van der Waals surface area contributed by atoms with E-state index < -0.39 is 17.4 Å². The Hall–Kier alpha value is -2.02. The van der Waals surface area contributed by atoms with Crippen LogP contribution in [0.4, 0.5) is 8.78 Å². The maximum Gasteiger partial charge on any atom is 0.264 e. The van der Waals surface area contributed by atoms with Crippen molar-refractivity contribution >= 4 is 0 Å². The molecule has 0 spiro atoms. The molecule has 0 bridgehead atoms. The van der Waals surface area contributed by atoms with E-state index in [1.807, 2.05) is 0 Å². The van der Waals surface area contributed by atoms with E-state index in [1.54, 1.807) is 6.92 Å². The molecule has 2 rings (SSSR count). The summed E-state index contributed by atoms with van der Waals surface area (Å²) < 4.78 is 36.8. The van der Waals surface area contributed by atoms with Gasteiger partial charge < -0.3 is 15.0 Å². The predicted molar refractivity (Wildman–Crippen MR) is 57.6 cm³/mol. The quantitative estimate of drug-likeness (QED) is 0.899. The number of halogens is 2. The molecule has 0 aliphatic carbocycles. The zero-order valence-corrected chi connectivity index (χ0v) is 9.61. The Morgan fingerprint density at radius 3 is 2.50 bits per heavy atom. The molecular formula is C11H11F2N3O2. The van der Waals surface area contributed by atoms with Gasteiger partial charge in [0.05, 0.1) is 0 Å². The summed E-state index contributed by atoms with van der Waals surface area (Å²) in [7, 11) is 0. The van der Waals surface area contributed by atoms with Gasteiger partial charge in [0.15, 0.2) is 29.8 Å². The van der Waals surface area contributed by atoms with Gasteiger partial charge in [0.25, 0.3) is 5.89 Å². The number of rotatable bonds is 4. The van der Waals surface area contributed by atoms with Crippen LogP contribution in [0.3, 0.4) is 0 Å². The van der Waals surface area contributed by atoms with Crippen LogP contribution in [0.1, 0.15) is 17.3 Å². The van der Waals surface area contributed by atoms with Crippen molar-refractivity contribution in [1.29, 1.82) is 0 Å². The van der Waals surface area contributed by atoms with Crippen molar-refractivity contribution in [2.24, 2.45) is 5.73 Å². The second kappa shape index (κ2) is 5.09. The van der Waals surface area contributed by atoms with E-state index in [1.165, 1.54) is 0 Å². The number of hydrogen-bond donors (Lipinski definition) is 1. The zero-order chi connectivity index (χ0) is 13.1. The standard InChI is InChI=1S/C11H11F2N3O2/c1-6-15-10(18-16-6)5-17-11-8(12)2-7(4-14)3-9(11)13/h2-3H,4-5,14H2,1H3. The average Bonchev–Trinajstić information content (AvgIpc) is 2.73. The summed E-state index contributed by atoms with van der Waals surface area (Å²) in [4.78, 5) is 3.85. The molecule has 0 saturated carbocycles. The highest BCUT2D eigenvalue weighted by atomic mass is 19.1. The van der Waals surface area contributed by atoms with E-state index in [-0.39, 0.29) is 19.0 Å². The van der Waals surface area contributed by atoms with Crippen LogP contribution in [0.15, 0.2) is 16.7 Å². The summed E-state index contributed by atoms with van der Waals surface area (Å²) in [6.45, 7) is 1.48. The fraction of sp³-hybridized carbons (Fsp3) is 0.273. The first kappa shape index (κ1) is 12.4. The van der Waals surface area contributed by atoms with Crippen molar-refractivity contribution in [3.63, 3.8) is 0 Å². The molecule has 0 fully saturated rings. The van der Waals surface area contributed by atoms with E-state index >= 15 is 0 Å². The number of aryl methyl sites for hydroxylation is 1. The van der Waals surface area contributed by atoms with Crippen LogP contribution in [-0.4, -0.2) is 10.1 Å². The van der Waals surface area contributed by atoms with Gasteiger partial charge in [0.2, 0.25) is 0 Å². The van der Waals surface area contributed by atoms with Gasteiger partial charge >= 0.3 is 0 Å². The van der Waals surface area contributed by atoms with E-state index in [0.717, 1.165) is 12.1 Å². The number of aromatic nitrogens is 2. The maximum atomic E-state index is 13.5. The normalized spacial score (nSPS) is 10.7. The highest BCUT2D eigenvalue weighted by Gasteiger charge is 2.14. The first-order chi connectivity index (χ1) is 8.60. The van der Waals surface area contributed by atoms with Crippen molar-refractivity contribution in [3.05, 3.63) is 41.0 Å². The van der Waals surface area contributed by atoms with Gasteiger partial charge in [-0.15, -0.1) is 0 Å². The van der Waals surface area contributed by atoms with Crippen LogP contribution in [-0.2, 0) is 13.2 Å². The number of nitrogens with two attached hydrogens (primary N) is 1. The lowest BCUT2D eigenvalue weighted by Gasteiger charge is -2.07. The third-order valence-electron chi connectivity index (χ3n) is 2.20. The minimum Gasteiger partial charge on any atom is -0.478 e. The molecule has 0 atom stereocenters. The summed E-state index contributed by atoms with van der Waals surface area (Å²) in [5.41, 5.74) is 5.65. The molecule has 0 aliphatic heterocycles. The van der Waals surface area contributed by atoms with Crippen molar-refractivity contribution in [1.82, 2.24) is 10.1 Å². The number of ether oxygens (including phenoxy) is 1. The Kier molecular flexibility index (Phi) is 3.52. The molecule has 0 amide bonds. The van der Waals surface area contributed by atoms with Gasteiger partial charge in [-0.3, -0.25) is 0 Å². The van der Waals surface area contributed by atoms with Gasteiger partial charge in [-0.2, -0.15) is 4.98 Å². The Morgan fingerprint density at radius 2 is 2.00 bits per heavy atom. The van der Waals surface area contributed by atoms with Gasteiger partial charge in [-0.05, 0) is 24.6 Å². The van der Waals surface area contributed by atoms with Crippen LogP contribution in [0.2, 0.25) is 0 Å². The Morgan fingerprint density at radius 1 is 1.33 bits per heavy atom. The SMILES string of the molecule is Cc1noc(COc2c(F)cc(CN)cc2F)n1. The fourth-order valence-corrected chi connectivity index (χ4v) is 1.40. The largest absolute Gasteiger partial charge is 0.478 e. The molecule has 96 valence electrons. The van der Waals surface area contributed by atoms with Crippen molar-refractivity contribution in [2.45, 2.75) is 20.1 Å². The second-order valence-corrected chi connectivity index (χ2v) is 3.62. The smallest absolute Gasteiger partial charge is 0.264 e. The minimum absolute atomic E-state index is 0.0526. The van der Waals surface area contributed by atoms with Gasteiger partial charge in [0, 0.05) is 6.54 Å². The van der Waals surface area contributed by atoms with Crippen LogP contribution in [0.5, 0.6) is 5.75 Å². The molecule has 0 radical (unpaired) electrons. The molecule has 0 unspecified atom stereocenters. The molecule has 5 nitrogen and oxygen atoms in total. The lowest BCUT2D eigenvalue weighted by atomic mass is 10.2. The summed E-state index contributed by atoms with van der Waals surface area (Å²) in [6, 6.07) is 2.24. The van der Waals surface area contributed by atoms with Crippen LogP contribution >= 0.6 is 0 Å². The van der Waals surface area contributed by atoms with E-state index in [4.69, 9.17) is 15.0 Å². The van der Waals surface area contributed by atoms with Crippen molar-refractivity contribution in [3.8, 4) is 5.75 Å². The van der Waals surface area contributed by atoms with E-state index in [9.17, 15) is 8.78 Å². The molecule has 0 saturated heterocycles. The summed E-state index contributed by atoms with van der Waals surface area (Å²) in [5.74, 6) is -1.54. The first-order valence-corrected chi connectivity index (χ1v) is 5.20. The molecule has 1 aromatic heterocycles. The third-order valence-corrected chi connectivity index (χ3v) is 2.20. The van der Waals surface area contributed by atoms with Crippen molar-refractivity contribution in [2.75, 3.05) is 0 Å². The molecule has 7 heteroatoms. The molecule has 0 aliphatic rings. The monoisotopic (exact) mass is 255 g/mol. The van der Waals surface area contributed by atoms with E-state index in [2.05, 4.69) is 10.1 Å². The lowest BCUT2D eigenvalue weighted by molar-refractivity contribution is 0.224. The highest BCUT2D eigenvalue weighted by molar-refractivity contribution is 5.31. The Labute approximate surface area is 102 Å². The number of benzene rings is 1. The predicted octanol–water partition coefficient (Wildman–Crippen LogP) is 1.69. The lowest BCUT2D eigenvalue weighted by Crippen LogP contribution is -2.03. The molecular weight excluding hydrogens is 244 g/mol. The highest BCUT2D eigenvalue weighted by Crippen LogP contribution is 2.24. The molecule has 1 aromatic carbocycles. The minimum atomic E-state index is -0.813. The number of hydrogen-bond acceptors (Lipinski definition) is 5. The van der Waals surface area contributed by atoms with Gasteiger partial charge in [-0.1, -0.05) is 5.16 Å². The van der Waals surface area contributed by atoms with E-state index in [0.29, 0.717) is 11.4 Å². The summed E-state index contributed by atoms with van der Waals surface area (Å²) >= 11 is 0. The summed E-state index contributed by atoms with van der Waals surface area (Å²) in [6.07, 6.45) is 0. The summed E-state index contributed by atoms with van der Waals surface area (Å²) in [5, 5.41) is 3.53. The maximum absolute atomic E-state index is 13.5. The van der Waals surface area contributed by atoms with Crippen LogP contribution in [0, 0.1) is 18.6 Å². The van der Waals surface area contributed by atoms with Gasteiger partial charge in [0.1, 0.15) is 0 Å². The van der Waals surface area contributed by atoms with Gasteiger partial charge in [-0.25, -0.2) is 8.78 Å². The van der Waals surface area contributed by atoms with Crippen LogP contribution in [0.25, 0.3) is 0 Å². The zero-order valence-electron chi connectivity index (χ0n) is 9.61. The molecule has 2 aromatic rings. The third kappa shape index (κ3) is 2.62. The molecule has 2 N–H and O–H groups in total. The van der Waals surface area contributed by atoms with Crippen LogP contribution < -0.4 is 10.5 Å². The Balaban J connectivity index is 2.14. The topological polar surface area (TPSA) is 74.2 Å². The Bertz CT molecular complexity index is 534. The van der Waals surface area contributed by atoms with Crippen molar-refractivity contribution < 1.29 is 18.0 Å².